The first-order chi connectivity index (χ1) is 8.47. The van der Waals surface area contributed by atoms with E-state index < -0.39 is 24.0 Å². The Morgan fingerprint density at radius 3 is 2.78 bits per heavy atom. The number of alkyl halides is 3. The normalized spacial score (nSPS) is 24.8. The van der Waals surface area contributed by atoms with Gasteiger partial charge in [-0.05, 0) is 31.4 Å². The van der Waals surface area contributed by atoms with Crippen LogP contribution in [0.15, 0.2) is 22.8 Å². The molecule has 2 unspecified atom stereocenters. The molecule has 0 bridgehead atoms. The smallest absolute Gasteiger partial charge is 0.391 e. The van der Waals surface area contributed by atoms with Gasteiger partial charge in [0.1, 0.15) is 0 Å². The topological polar surface area (TPSA) is 42.2 Å². The zero-order valence-electron chi connectivity index (χ0n) is 9.67. The zero-order valence-corrected chi connectivity index (χ0v) is 9.67. The molecule has 0 aliphatic heterocycles. The highest BCUT2D eigenvalue weighted by Gasteiger charge is 2.42. The fourth-order valence-corrected chi connectivity index (χ4v) is 2.28. The van der Waals surface area contributed by atoms with Gasteiger partial charge in [-0.2, -0.15) is 13.2 Å². The third-order valence-corrected chi connectivity index (χ3v) is 3.22. The Balaban J connectivity index is 1.92. The van der Waals surface area contributed by atoms with Gasteiger partial charge in [-0.15, -0.1) is 0 Å². The van der Waals surface area contributed by atoms with Crippen LogP contribution < -0.4 is 5.32 Å². The number of halogens is 3. The Hall–Kier alpha value is -1.46. The maximum atomic E-state index is 12.6. The van der Waals surface area contributed by atoms with Crippen molar-refractivity contribution in [3.05, 3.63) is 24.2 Å². The first-order valence-corrected chi connectivity index (χ1v) is 5.88. The monoisotopic (exact) mass is 261 g/mol. The summed E-state index contributed by atoms with van der Waals surface area (Å²) in [5.74, 6) is -1.63. The molecule has 18 heavy (non-hydrogen) atoms. The van der Waals surface area contributed by atoms with Gasteiger partial charge in [-0.3, -0.25) is 4.79 Å². The molecule has 1 aromatic heterocycles. The van der Waals surface area contributed by atoms with Crippen molar-refractivity contribution in [2.75, 3.05) is 0 Å². The van der Waals surface area contributed by atoms with E-state index in [-0.39, 0.29) is 18.6 Å². The molecule has 1 aliphatic rings. The molecule has 3 nitrogen and oxygen atoms in total. The highest BCUT2D eigenvalue weighted by atomic mass is 19.4. The number of hydrogen-bond donors (Lipinski definition) is 1. The van der Waals surface area contributed by atoms with Crippen molar-refractivity contribution in [1.29, 1.82) is 0 Å². The predicted molar refractivity (Wildman–Crippen MR) is 58.0 cm³/mol. The van der Waals surface area contributed by atoms with E-state index in [1.165, 1.54) is 12.3 Å². The van der Waals surface area contributed by atoms with E-state index in [2.05, 4.69) is 5.32 Å². The molecule has 0 aromatic carbocycles. The molecule has 1 N–H and O–H groups in total. The number of amides is 1. The molecule has 1 heterocycles. The summed E-state index contributed by atoms with van der Waals surface area (Å²) in [5, 5.41) is 2.59. The summed E-state index contributed by atoms with van der Waals surface area (Å²) in [4.78, 5) is 11.6. The lowest BCUT2D eigenvalue weighted by Crippen LogP contribution is -2.41. The second kappa shape index (κ2) is 5.04. The van der Waals surface area contributed by atoms with E-state index in [1.807, 2.05) is 0 Å². The number of rotatable bonds is 2. The number of carbonyl (C=O) groups is 1. The Labute approximate surface area is 102 Å². The summed E-state index contributed by atoms with van der Waals surface area (Å²) < 4.78 is 42.7. The van der Waals surface area contributed by atoms with Crippen molar-refractivity contribution < 1.29 is 22.4 Å². The van der Waals surface area contributed by atoms with Crippen molar-refractivity contribution in [2.24, 2.45) is 5.92 Å². The van der Waals surface area contributed by atoms with Gasteiger partial charge in [0.2, 0.25) is 0 Å². The minimum atomic E-state index is -4.17. The van der Waals surface area contributed by atoms with Crippen LogP contribution in [0.2, 0.25) is 0 Å². The fourth-order valence-electron chi connectivity index (χ4n) is 2.28. The average Bonchev–Trinajstić information content (AvgIpc) is 2.81. The largest absolute Gasteiger partial charge is 0.459 e. The Morgan fingerprint density at radius 1 is 1.39 bits per heavy atom. The molecule has 1 aromatic rings. The summed E-state index contributed by atoms with van der Waals surface area (Å²) in [6, 6.07) is 2.62. The van der Waals surface area contributed by atoms with Crippen LogP contribution in [-0.4, -0.2) is 18.1 Å². The molecule has 1 fully saturated rings. The molecule has 6 heteroatoms. The quantitative estimate of drug-likeness (QED) is 0.888. The Bertz CT molecular complexity index is 400. The first kappa shape index (κ1) is 13.0. The minimum absolute atomic E-state index is 0.0457. The maximum Gasteiger partial charge on any atom is 0.391 e. The highest BCUT2D eigenvalue weighted by molar-refractivity contribution is 5.91. The SMILES string of the molecule is O=C(NC1CCCC(C(F)(F)F)C1)c1ccco1. The van der Waals surface area contributed by atoms with Crippen LogP contribution in [0.25, 0.3) is 0 Å². The maximum absolute atomic E-state index is 12.6. The van der Waals surface area contributed by atoms with Gasteiger partial charge < -0.3 is 9.73 Å². The molecule has 0 spiro atoms. The van der Waals surface area contributed by atoms with Crippen LogP contribution >= 0.6 is 0 Å². The van der Waals surface area contributed by atoms with E-state index >= 15 is 0 Å². The number of hydrogen-bond acceptors (Lipinski definition) is 2. The molecule has 2 rings (SSSR count). The fraction of sp³-hybridized carbons (Fsp3) is 0.583. The van der Waals surface area contributed by atoms with Crippen LogP contribution in [0.4, 0.5) is 13.2 Å². The van der Waals surface area contributed by atoms with Gasteiger partial charge in [-0.25, -0.2) is 0 Å². The lowest BCUT2D eigenvalue weighted by Gasteiger charge is -2.30. The molecule has 100 valence electrons. The van der Waals surface area contributed by atoms with E-state index in [9.17, 15) is 18.0 Å². The second-order valence-electron chi connectivity index (χ2n) is 4.55. The molecular formula is C12H14F3NO2. The summed E-state index contributed by atoms with van der Waals surface area (Å²) in [7, 11) is 0. The molecule has 1 amide bonds. The minimum Gasteiger partial charge on any atom is -0.459 e. The zero-order chi connectivity index (χ0) is 13.2. The predicted octanol–water partition coefficient (Wildman–Crippen LogP) is 3.13. The highest BCUT2D eigenvalue weighted by Crippen LogP contribution is 2.37. The van der Waals surface area contributed by atoms with E-state index in [0.29, 0.717) is 12.8 Å². The number of carbonyl (C=O) groups excluding carboxylic acids is 1. The van der Waals surface area contributed by atoms with Gasteiger partial charge in [0, 0.05) is 6.04 Å². The summed E-state index contributed by atoms with van der Waals surface area (Å²) >= 11 is 0. The van der Waals surface area contributed by atoms with Crippen LogP contribution in [0, 0.1) is 5.92 Å². The summed E-state index contributed by atoms with van der Waals surface area (Å²) in [6.45, 7) is 0. The van der Waals surface area contributed by atoms with Crippen LogP contribution in [0.1, 0.15) is 36.2 Å². The van der Waals surface area contributed by atoms with Gasteiger partial charge in [0.15, 0.2) is 5.76 Å². The third-order valence-electron chi connectivity index (χ3n) is 3.22. The van der Waals surface area contributed by atoms with Crippen LogP contribution in [-0.2, 0) is 0 Å². The van der Waals surface area contributed by atoms with Crippen LogP contribution in [0.5, 0.6) is 0 Å². The lowest BCUT2D eigenvalue weighted by atomic mass is 9.85. The molecule has 2 atom stereocenters. The number of furan rings is 1. The number of nitrogens with one attached hydrogen (secondary N) is 1. The van der Waals surface area contributed by atoms with Crippen molar-refractivity contribution in [3.8, 4) is 0 Å². The Kier molecular flexibility index (Phi) is 3.63. The van der Waals surface area contributed by atoms with Crippen molar-refractivity contribution >= 4 is 5.91 Å². The summed E-state index contributed by atoms with van der Waals surface area (Å²) in [5.41, 5.74) is 0. The standard InChI is InChI=1S/C12H14F3NO2/c13-12(14,15)8-3-1-4-9(7-8)16-11(17)10-5-2-6-18-10/h2,5-6,8-9H,1,3-4,7H2,(H,16,17). The van der Waals surface area contributed by atoms with E-state index in [1.54, 1.807) is 6.07 Å². The Morgan fingerprint density at radius 2 is 2.17 bits per heavy atom. The first-order valence-electron chi connectivity index (χ1n) is 5.88. The van der Waals surface area contributed by atoms with Crippen molar-refractivity contribution in [3.63, 3.8) is 0 Å². The van der Waals surface area contributed by atoms with Gasteiger partial charge in [0.05, 0.1) is 12.2 Å². The molecule has 0 saturated heterocycles. The van der Waals surface area contributed by atoms with Crippen molar-refractivity contribution in [1.82, 2.24) is 5.32 Å². The van der Waals surface area contributed by atoms with E-state index in [4.69, 9.17) is 4.42 Å². The summed E-state index contributed by atoms with van der Waals surface area (Å²) in [6.07, 6.45) is -1.65. The van der Waals surface area contributed by atoms with Gasteiger partial charge >= 0.3 is 6.18 Å². The van der Waals surface area contributed by atoms with Crippen molar-refractivity contribution in [2.45, 2.75) is 37.9 Å². The van der Waals surface area contributed by atoms with Gasteiger partial charge in [-0.1, -0.05) is 6.42 Å². The lowest BCUT2D eigenvalue weighted by molar-refractivity contribution is -0.183. The second-order valence-corrected chi connectivity index (χ2v) is 4.55. The molecule has 1 saturated carbocycles. The van der Waals surface area contributed by atoms with Crippen LogP contribution in [0.3, 0.4) is 0 Å². The third kappa shape index (κ3) is 3.05. The molecule has 0 radical (unpaired) electrons. The average molecular weight is 261 g/mol. The van der Waals surface area contributed by atoms with E-state index in [0.717, 1.165) is 0 Å². The molecule has 1 aliphatic carbocycles. The molecular weight excluding hydrogens is 247 g/mol. The van der Waals surface area contributed by atoms with Gasteiger partial charge in [0.25, 0.3) is 5.91 Å².